The first-order valence-electron chi connectivity index (χ1n) is 36.9. The Bertz CT molecular complexity index is 7940. The molecule has 506 valence electrons. The van der Waals surface area contributed by atoms with E-state index in [1.54, 1.807) is 0 Å². The Morgan fingerprint density at radius 1 is 0.211 bits per heavy atom. The van der Waals surface area contributed by atoms with E-state index in [1.165, 1.54) is 138 Å². The monoisotopic (exact) mass is 1420 g/mol. The molecule has 17 aromatic carbocycles. The van der Waals surface area contributed by atoms with Gasteiger partial charge in [0.15, 0.2) is 0 Å². The highest BCUT2D eigenvalue weighted by Crippen LogP contribution is 2.47. The molecular weight excluding hydrogens is 1360 g/mol. The number of nitrogens with zero attached hydrogens (tertiary/aromatic N) is 7. The van der Waals surface area contributed by atoms with Crippen LogP contribution in [0.3, 0.4) is 0 Å². The zero-order valence-electron chi connectivity index (χ0n) is 58.5. The summed E-state index contributed by atoms with van der Waals surface area (Å²) in [6, 6.07) is 129. The normalized spacial score (nSPS) is 12.0. The molecule has 0 unspecified atom stereocenters. The van der Waals surface area contributed by atoms with E-state index in [-0.39, 0.29) is 0 Å². The summed E-state index contributed by atoms with van der Waals surface area (Å²) in [5.41, 5.74) is 18.6. The summed E-state index contributed by atoms with van der Waals surface area (Å²) in [6.45, 7) is 0. The first-order chi connectivity index (χ1) is 54.0. The van der Waals surface area contributed by atoms with Gasteiger partial charge in [0, 0.05) is 100 Å². The molecule has 0 N–H and O–H groups in total. The minimum atomic E-state index is 0.662. The second kappa shape index (κ2) is 24.3. The SMILES string of the molecule is c1ccc(-c2ccc3c(c2)c2c4ccccc4ccc2n3-c2nc(-c3cccc4c3sc3cc5ccccc5cc34)c3ccccc3n2)cc1.c1ccc(-n2c3ccccc3c3cc(-c4ccc5c(c4)c4ccccc4n5-c4nc(-c5ccc6c(c5)sc5cc7ccccc7cc56)c5ccccc5n4)ccc32)cc1. The average molecular weight is 1420 g/mol. The second-order valence-corrected chi connectivity index (χ2v) is 30.5. The predicted molar refractivity (Wildman–Crippen MR) is 462 cm³/mol. The van der Waals surface area contributed by atoms with Crippen LogP contribution in [-0.2, 0) is 0 Å². The highest BCUT2D eigenvalue weighted by Gasteiger charge is 2.24. The van der Waals surface area contributed by atoms with Crippen LogP contribution >= 0.6 is 22.7 Å². The topological polar surface area (TPSA) is 66.3 Å². The minimum Gasteiger partial charge on any atom is -0.309 e. The lowest BCUT2D eigenvalue weighted by Crippen LogP contribution is -2.03. The molecule has 0 radical (unpaired) electrons. The van der Waals surface area contributed by atoms with Gasteiger partial charge in [0.1, 0.15) is 0 Å². The molecule has 7 heterocycles. The highest BCUT2D eigenvalue weighted by atomic mass is 32.1. The molecule has 0 atom stereocenters. The maximum absolute atomic E-state index is 5.51. The molecule has 0 bridgehead atoms. The lowest BCUT2D eigenvalue weighted by molar-refractivity contribution is 1.01. The van der Waals surface area contributed by atoms with Crippen molar-refractivity contribution in [2.45, 2.75) is 0 Å². The van der Waals surface area contributed by atoms with Gasteiger partial charge < -0.3 is 4.57 Å². The average Bonchev–Trinajstić information content (AvgIpc) is 1.57. The van der Waals surface area contributed by atoms with Crippen molar-refractivity contribution in [3.8, 4) is 62.4 Å². The van der Waals surface area contributed by atoms with Crippen LogP contribution < -0.4 is 0 Å². The second-order valence-electron chi connectivity index (χ2n) is 28.4. The Balaban J connectivity index is 0.000000133. The van der Waals surface area contributed by atoms with E-state index in [9.17, 15) is 0 Å². The van der Waals surface area contributed by atoms with Crippen molar-refractivity contribution in [3.63, 3.8) is 0 Å². The molecule has 0 fully saturated rings. The van der Waals surface area contributed by atoms with Crippen LogP contribution in [-0.4, -0.2) is 33.6 Å². The Morgan fingerprint density at radius 3 is 1.31 bits per heavy atom. The van der Waals surface area contributed by atoms with E-state index in [2.05, 4.69) is 372 Å². The summed E-state index contributed by atoms with van der Waals surface area (Å²) < 4.78 is 12.0. The van der Waals surface area contributed by atoms with Gasteiger partial charge in [-0.05, 0) is 164 Å². The van der Waals surface area contributed by atoms with Crippen LogP contribution in [0.2, 0.25) is 0 Å². The number of para-hydroxylation sites is 5. The van der Waals surface area contributed by atoms with Gasteiger partial charge in [0.25, 0.3) is 0 Å². The predicted octanol–water partition coefficient (Wildman–Crippen LogP) is 27.4. The van der Waals surface area contributed by atoms with Gasteiger partial charge in [-0.2, -0.15) is 0 Å². The maximum atomic E-state index is 5.51. The van der Waals surface area contributed by atoms with E-state index in [1.807, 2.05) is 22.7 Å². The zero-order valence-corrected chi connectivity index (χ0v) is 60.1. The van der Waals surface area contributed by atoms with E-state index in [4.69, 9.17) is 19.9 Å². The molecule has 0 saturated carbocycles. The molecule has 7 aromatic heterocycles. The van der Waals surface area contributed by atoms with Crippen LogP contribution in [0.5, 0.6) is 0 Å². The third kappa shape index (κ3) is 9.74. The summed E-state index contributed by atoms with van der Waals surface area (Å²) in [5.74, 6) is 1.33. The summed E-state index contributed by atoms with van der Waals surface area (Å²) in [7, 11) is 0. The van der Waals surface area contributed by atoms with Crippen molar-refractivity contribution in [3.05, 3.63) is 358 Å². The fourth-order valence-electron chi connectivity index (χ4n) is 17.2. The third-order valence-electron chi connectivity index (χ3n) is 22.3. The Morgan fingerprint density at radius 2 is 0.651 bits per heavy atom. The van der Waals surface area contributed by atoms with Crippen LogP contribution in [0.25, 0.3) is 222 Å². The van der Waals surface area contributed by atoms with Crippen LogP contribution in [0.1, 0.15) is 0 Å². The van der Waals surface area contributed by atoms with E-state index in [0.29, 0.717) is 11.9 Å². The number of fused-ring (bicyclic) bond motifs is 21. The molecule has 0 aliphatic carbocycles. The molecular formula is C100H59N7S2. The number of thiophene rings is 2. The van der Waals surface area contributed by atoms with Crippen LogP contribution in [0.4, 0.5) is 0 Å². The van der Waals surface area contributed by atoms with Crippen molar-refractivity contribution >= 4 is 183 Å². The van der Waals surface area contributed by atoms with Gasteiger partial charge >= 0.3 is 0 Å². The van der Waals surface area contributed by atoms with Crippen molar-refractivity contribution in [2.75, 3.05) is 0 Å². The smallest absolute Gasteiger partial charge is 0.235 e. The minimum absolute atomic E-state index is 0.662. The highest BCUT2D eigenvalue weighted by molar-refractivity contribution is 7.26. The lowest BCUT2D eigenvalue weighted by Gasteiger charge is -2.12. The Hall–Kier alpha value is -14.0. The quantitative estimate of drug-likeness (QED) is 0.159. The molecule has 0 spiro atoms. The maximum Gasteiger partial charge on any atom is 0.235 e. The summed E-state index contributed by atoms with van der Waals surface area (Å²) >= 11 is 3.70. The van der Waals surface area contributed by atoms with Gasteiger partial charge in [-0.15, -0.1) is 22.7 Å². The van der Waals surface area contributed by atoms with Crippen molar-refractivity contribution in [1.82, 2.24) is 33.6 Å². The van der Waals surface area contributed by atoms with Crippen molar-refractivity contribution < 1.29 is 0 Å². The molecule has 24 aromatic rings. The molecule has 0 aliphatic rings. The number of benzene rings is 17. The molecule has 0 aliphatic heterocycles. The van der Waals surface area contributed by atoms with Gasteiger partial charge in [-0.3, -0.25) is 9.13 Å². The van der Waals surface area contributed by atoms with Crippen molar-refractivity contribution in [1.29, 1.82) is 0 Å². The lowest BCUT2D eigenvalue weighted by atomic mass is 10.0. The number of rotatable bonds is 7. The largest absolute Gasteiger partial charge is 0.309 e. The standard InChI is InChI=1S/C54H32N4S.C46H27N3S/c1-2-14-38(15-3-1)57-47-20-10-7-16-39(47)43-28-35(23-26-49(43)57)36-24-27-50-44(29-36)40-17-8-11-21-48(40)58(50)54-55-46-19-9-6-18-42(46)53(56-54)37-22-25-41-45-30-33-12-4-5-13-34(33)31-52(45)59-51(41)32-37;1-2-11-28(12-3-1)32-22-23-40-38(26-32)43-33-16-7-6-13-29(33)21-24-41(43)49(40)46-47-39-20-9-8-17-35(39)44(48-46)36-19-10-18-34-37-25-30-14-4-5-15-31(30)27-42(37)50-45(34)36/h1-32H;1-27H. The van der Waals surface area contributed by atoms with Gasteiger partial charge in [-0.25, -0.2) is 19.9 Å². The Kier molecular flexibility index (Phi) is 13.7. The molecule has 7 nitrogen and oxygen atoms in total. The van der Waals surface area contributed by atoms with Crippen LogP contribution in [0, 0.1) is 0 Å². The van der Waals surface area contributed by atoms with Crippen LogP contribution in [0.15, 0.2) is 358 Å². The van der Waals surface area contributed by atoms with Crippen molar-refractivity contribution in [2.24, 2.45) is 0 Å². The first kappa shape index (κ1) is 61.4. The van der Waals surface area contributed by atoms with Gasteiger partial charge in [0.2, 0.25) is 11.9 Å². The van der Waals surface area contributed by atoms with E-state index >= 15 is 0 Å². The number of aromatic nitrogens is 7. The molecule has 9 heteroatoms. The first-order valence-corrected chi connectivity index (χ1v) is 38.5. The fourth-order valence-corrected chi connectivity index (χ4v) is 19.6. The number of hydrogen-bond donors (Lipinski definition) is 0. The zero-order chi connectivity index (χ0) is 71.4. The fraction of sp³-hybridized carbons (Fsp3) is 0. The Labute approximate surface area is 632 Å². The molecule has 0 saturated heterocycles. The van der Waals surface area contributed by atoms with E-state index in [0.717, 1.165) is 72.1 Å². The third-order valence-corrected chi connectivity index (χ3v) is 24.6. The molecule has 24 rings (SSSR count). The summed E-state index contributed by atoms with van der Waals surface area (Å²) in [6.07, 6.45) is 0. The van der Waals surface area contributed by atoms with E-state index < -0.39 is 0 Å². The van der Waals surface area contributed by atoms with Gasteiger partial charge in [-0.1, -0.05) is 249 Å². The van der Waals surface area contributed by atoms with Gasteiger partial charge in [0.05, 0.1) is 55.5 Å². The summed E-state index contributed by atoms with van der Waals surface area (Å²) in [5, 5.41) is 21.9. The molecule has 0 amide bonds. The number of hydrogen-bond acceptors (Lipinski definition) is 6. The molecule has 109 heavy (non-hydrogen) atoms. The summed E-state index contributed by atoms with van der Waals surface area (Å²) in [4.78, 5) is 21.5.